The average molecular weight is 306 g/mol. The zero-order chi connectivity index (χ0) is 15.1. The summed E-state index contributed by atoms with van der Waals surface area (Å²) < 4.78 is 7.10. The van der Waals surface area contributed by atoms with E-state index in [0.717, 1.165) is 25.3 Å². The Morgan fingerprint density at radius 3 is 2.00 bits per heavy atom. The second kappa shape index (κ2) is 5.29. The predicted octanol–water partition coefficient (Wildman–Crippen LogP) is 3.46. The predicted molar refractivity (Wildman–Crippen MR) is 86.3 cm³/mol. The van der Waals surface area contributed by atoms with Crippen LogP contribution in [0, 0.1) is 5.41 Å². The molecule has 6 nitrogen and oxygen atoms in total. The molecule has 114 valence electrons. The van der Waals surface area contributed by atoms with Crippen LogP contribution in [0.1, 0.15) is 6.92 Å². The lowest BCUT2D eigenvalue weighted by molar-refractivity contribution is 0.0961. The Hall–Kier alpha value is -1.07. The van der Waals surface area contributed by atoms with Crippen LogP contribution >= 0.6 is 7.51 Å². The Morgan fingerprint density at radius 1 is 0.952 bits per heavy atom. The van der Waals surface area contributed by atoms with Gasteiger partial charge in [0, 0.05) is 25.0 Å². The fraction of sp³-hybridized carbons (Fsp3) is 0.571. The van der Waals surface area contributed by atoms with Gasteiger partial charge in [-0.15, -0.1) is 9.97 Å². The SMILES string of the molecule is CN1CC2(C)CN(C)P1(=NN=Nc1ccccc1)N(C)C2. The fourth-order valence-corrected chi connectivity index (χ4v) is 7.41. The molecule has 0 N–H and O–H groups in total. The van der Waals surface area contributed by atoms with Crippen molar-refractivity contribution in [1.82, 2.24) is 14.0 Å². The molecule has 0 unspecified atom stereocenters. The lowest BCUT2D eigenvalue weighted by Crippen LogP contribution is -2.60. The van der Waals surface area contributed by atoms with Crippen molar-refractivity contribution in [2.45, 2.75) is 6.92 Å². The molecule has 4 rings (SSSR count). The minimum Gasteiger partial charge on any atom is -0.247 e. The van der Waals surface area contributed by atoms with E-state index in [9.17, 15) is 0 Å². The van der Waals surface area contributed by atoms with E-state index >= 15 is 0 Å². The van der Waals surface area contributed by atoms with Gasteiger partial charge in [0.25, 0.3) is 0 Å². The Morgan fingerprint density at radius 2 is 1.48 bits per heavy atom. The van der Waals surface area contributed by atoms with Crippen molar-refractivity contribution in [2.75, 3.05) is 40.8 Å². The highest BCUT2D eigenvalue weighted by Crippen LogP contribution is 2.65. The molecule has 1 aromatic carbocycles. The van der Waals surface area contributed by atoms with Gasteiger partial charge in [-0.3, -0.25) is 0 Å². The number of hydrogen-bond donors (Lipinski definition) is 0. The van der Waals surface area contributed by atoms with Crippen molar-refractivity contribution in [3.8, 4) is 0 Å². The molecule has 0 amide bonds. The Bertz CT molecular complexity index is 558. The van der Waals surface area contributed by atoms with E-state index in [0.29, 0.717) is 5.41 Å². The average Bonchev–Trinajstić information content (AvgIpc) is 2.41. The zero-order valence-corrected chi connectivity index (χ0v) is 14.0. The highest BCUT2D eigenvalue weighted by atomic mass is 31.2. The van der Waals surface area contributed by atoms with Gasteiger partial charge < -0.3 is 0 Å². The minimum atomic E-state index is -1.89. The zero-order valence-electron chi connectivity index (χ0n) is 13.1. The number of fused-ring (bicyclic) bond motifs is 3. The highest BCUT2D eigenvalue weighted by molar-refractivity contribution is 7.59. The third kappa shape index (κ3) is 2.46. The minimum absolute atomic E-state index is 0.312. The molecule has 0 radical (unpaired) electrons. The van der Waals surface area contributed by atoms with Crippen molar-refractivity contribution < 1.29 is 0 Å². The molecule has 21 heavy (non-hydrogen) atoms. The second-order valence-corrected chi connectivity index (χ2v) is 9.71. The Labute approximate surface area is 126 Å². The summed E-state index contributed by atoms with van der Waals surface area (Å²) in [6.07, 6.45) is 0. The van der Waals surface area contributed by atoms with E-state index in [1.807, 2.05) is 30.3 Å². The smallest absolute Gasteiger partial charge is 0.194 e. The van der Waals surface area contributed by atoms with Crippen LogP contribution in [0.5, 0.6) is 0 Å². The van der Waals surface area contributed by atoms with Gasteiger partial charge in [0.1, 0.15) is 0 Å². The normalized spacial score (nSPS) is 34.7. The molecule has 3 heterocycles. The highest BCUT2D eigenvalue weighted by Gasteiger charge is 2.52. The van der Waals surface area contributed by atoms with Crippen LogP contribution in [0.4, 0.5) is 5.69 Å². The van der Waals surface area contributed by atoms with E-state index in [1.54, 1.807) is 0 Å². The van der Waals surface area contributed by atoms with E-state index < -0.39 is 7.51 Å². The molecule has 2 bridgehead atoms. The number of hydrogen-bond acceptors (Lipinski definition) is 1. The first kappa shape index (κ1) is 14.9. The topological polar surface area (TPSA) is 46.8 Å². The third-order valence-electron chi connectivity index (χ3n) is 4.28. The molecule has 0 atom stereocenters. The lowest BCUT2D eigenvalue weighted by atomic mass is 9.90. The van der Waals surface area contributed by atoms with Crippen LogP contribution in [0.2, 0.25) is 0 Å². The first-order valence-electron chi connectivity index (χ1n) is 7.19. The van der Waals surface area contributed by atoms with Gasteiger partial charge in [-0.1, -0.05) is 25.1 Å². The quantitative estimate of drug-likeness (QED) is 0.477. The van der Waals surface area contributed by atoms with Crippen LogP contribution in [0.3, 0.4) is 0 Å². The maximum Gasteiger partial charge on any atom is 0.194 e. The molecule has 0 spiro atoms. The van der Waals surface area contributed by atoms with Gasteiger partial charge in [0.15, 0.2) is 7.51 Å². The number of nitrogens with zero attached hydrogens (tertiary/aromatic N) is 6. The van der Waals surface area contributed by atoms with Gasteiger partial charge >= 0.3 is 0 Å². The summed E-state index contributed by atoms with van der Waals surface area (Å²) in [6.45, 7) is 5.55. The van der Waals surface area contributed by atoms with E-state index in [1.165, 1.54) is 0 Å². The second-order valence-electron chi connectivity index (χ2n) is 6.41. The molecule has 0 aliphatic carbocycles. The first-order valence-corrected chi connectivity index (χ1v) is 8.79. The van der Waals surface area contributed by atoms with Gasteiger partial charge in [-0.2, -0.15) is 0 Å². The number of benzene rings is 1. The molecular weight excluding hydrogens is 283 g/mol. The maximum atomic E-state index is 4.69. The number of rotatable bonds is 2. The lowest BCUT2D eigenvalue weighted by Gasteiger charge is -2.60. The van der Waals surface area contributed by atoms with E-state index in [-0.39, 0.29) is 0 Å². The van der Waals surface area contributed by atoms with Crippen molar-refractivity contribution in [3.05, 3.63) is 30.3 Å². The van der Waals surface area contributed by atoms with Crippen LogP contribution in [-0.4, -0.2) is 54.8 Å². The standard InChI is InChI=1S/C14H23N6P/c1-14-10-18(2)21(19(3)11-14,20(4)12-14)17-16-15-13-8-6-5-7-9-13/h5-9H,10-12H2,1-4H3. The van der Waals surface area contributed by atoms with Crippen molar-refractivity contribution in [1.29, 1.82) is 0 Å². The van der Waals surface area contributed by atoms with Crippen LogP contribution in [-0.2, 0) is 0 Å². The van der Waals surface area contributed by atoms with Crippen LogP contribution in [0.15, 0.2) is 45.5 Å². The molecule has 3 aliphatic rings. The Kier molecular flexibility index (Phi) is 3.74. The molecule has 1 aromatic rings. The van der Waals surface area contributed by atoms with Gasteiger partial charge in [-0.25, -0.2) is 14.0 Å². The van der Waals surface area contributed by atoms with Gasteiger partial charge in [-0.05, 0) is 38.5 Å². The molecule has 3 fully saturated rings. The summed E-state index contributed by atoms with van der Waals surface area (Å²) in [4.78, 5) is 4.69. The van der Waals surface area contributed by atoms with E-state index in [2.05, 4.69) is 57.3 Å². The summed E-state index contributed by atoms with van der Waals surface area (Å²) >= 11 is 0. The molecule has 7 heteroatoms. The Balaban J connectivity index is 1.94. The summed E-state index contributed by atoms with van der Waals surface area (Å²) in [7, 11) is 4.56. The maximum absolute atomic E-state index is 4.69. The molecular formula is C14H23N6P. The van der Waals surface area contributed by atoms with Crippen molar-refractivity contribution in [3.63, 3.8) is 0 Å². The molecule has 0 saturated carbocycles. The molecule has 3 saturated heterocycles. The largest absolute Gasteiger partial charge is 0.247 e. The van der Waals surface area contributed by atoms with E-state index in [4.69, 9.17) is 0 Å². The van der Waals surface area contributed by atoms with Crippen molar-refractivity contribution >= 4 is 13.2 Å². The van der Waals surface area contributed by atoms with Gasteiger partial charge in [0.2, 0.25) is 0 Å². The fourth-order valence-electron chi connectivity index (χ4n) is 3.70. The van der Waals surface area contributed by atoms with Crippen LogP contribution in [0.25, 0.3) is 0 Å². The molecule has 0 aromatic heterocycles. The van der Waals surface area contributed by atoms with Gasteiger partial charge in [0.05, 0.1) is 5.69 Å². The monoisotopic (exact) mass is 306 g/mol. The third-order valence-corrected chi connectivity index (χ3v) is 7.77. The van der Waals surface area contributed by atoms with Crippen molar-refractivity contribution in [2.24, 2.45) is 20.6 Å². The first-order chi connectivity index (χ1) is 9.96. The van der Waals surface area contributed by atoms with Crippen LogP contribution < -0.4 is 0 Å². The summed E-state index contributed by atoms with van der Waals surface area (Å²) in [6, 6.07) is 9.76. The summed E-state index contributed by atoms with van der Waals surface area (Å²) in [5.74, 6) is 0. The molecule has 3 aliphatic heterocycles. The summed E-state index contributed by atoms with van der Waals surface area (Å²) in [5.41, 5.74) is 1.15. The summed E-state index contributed by atoms with van der Waals surface area (Å²) in [5, 5.41) is 8.42.